The second kappa shape index (κ2) is 9.25. The van der Waals surface area contributed by atoms with Crippen LogP contribution in [-0.2, 0) is 35.6 Å². The lowest BCUT2D eigenvalue weighted by molar-refractivity contribution is -0.117. The Morgan fingerprint density at radius 3 is 2.97 bits per heavy atom. The molecule has 0 saturated heterocycles. The molecular formula is C21H28N6O3. The molecule has 30 heavy (non-hydrogen) atoms. The number of imidazole rings is 1. The van der Waals surface area contributed by atoms with Crippen molar-refractivity contribution >= 4 is 22.9 Å². The highest BCUT2D eigenvalue weighted by molar-refractivity contribution is 5.91. The van der Waals surface area contributed by atoms with Crippen LogP contribution < -0.4 is 11.0 Å². The molecular weight excluding hydrogens is 384 g/mol. The van der Waals surface area contributed by atoms with E-state index in [1.54, 1.807) is 4.57 Å². The molecule has 0 atom stereocenters. The Hall–Kier alpha value is -2.94. The van der Waals surface area contributed by atoms with Gasteiger partial charge in [0.2, 0.25) is 11.9 Å². The Morgan fingerprint density at radius 2 is 2.10 bits per heavy atom. The van der Waals surface area contributed by atoms with E-state index in [1.165, 1.54) is 4.68 Å². The van der Waals surface area contributed by atoms with E-state index >= 15 is 0 Å². The number of anilines is 1. The summed E-state index contributed by atoms with van der Waals surface area (Å²) in [5.74, 6) is 0.937. The van der Waals surface area contributed by atoms with E-state index in [9.17, 15) is 9.59 Å². The average Bonchev–Trinajstić information content (AvgIpc) is 3.10. The number of hydrogen-bond donors (Lipinski definition) is 1. The van der Waals surface area contributed by atoms with Gasteiger partial charge in [-0.05, 0) is 38.3 Å². The number of benzene rings is 1. The van der Waals surface area contributed by atoms with E-state index in [-0.39, 0.29) is 18.1 Å². The minimum Gasteiger partial charge on any atom is -0.382 e. The van der Waals surface area contributed by atoms with Crippen molar-refractivity contribution in [2.24, 2.45) is 0 Å². The smallest absolute Gasteiger partial charge is 0.346 e. The van der Waals surface area contributed by atoms with E-state index in [0.717, 1.165) is 49.0 Å². The summed E-state index contributed by atoms with van der Waals surface area (Å²) in [4.78, 5) is 29.9. The predicted molar refractivity (Wildman–Crippen MR) is 114 cm³/mol. The number of carbonyl (C=O) groups excluding carboxylic acids is 1. The van der Waals surface area contributed by atoms with Crippen LogP contribution >= 0.6 is 0 Å². The van der Waals surface area contributed by atoms with Crippen LogP contribution in [0.3, 0.4) is 0 Å². The number of nitrogens with zero attached hydrogens (tertiary/aromatic N) is 5. The molecule has 0 saturated carbocycles. The van der Waals surface area contributed by atoms with Crippen LogP contribution in [-0.4, -0.2) is 43.0 Å². The van der Waals surface area contributed by atoms with Crippen molar-refractivity contribution in [1.82, 2.24) is 23.9 Å². The van der Waals surface area contributed by atoms with Crippen LogP contribution in [0.1, 0.15) is 38.4 Å². The van der Waals surface area contributed by atoms with Crippen molar-refractivity contribution in [3.8, 4) is 0 Å². The van der Waals surface area contributed by atoms with Crippen LogP contribution in [0.15, 0.2) is 29.1 Å². The third kappa shape index (κ3) is 4.30. The van der Waals surface area contributed by atoms with Crippen LogP contribution in [0, 0.1) is 0 Å². The van der Waals surface area contributed by atoms with Crippen molar-refractivity contribution in [2.45, 2.75) is 58.7 Å². The third-order valence-electron chi connectivity index (χ3n) is 5.36. The quantitative estimate of drug-likeness (QED) is 0.572. The fraction of sp³-hybridized carbons (Fsp3) is 0.524. The maximum atomic E-state index is 12.7. The number of amides is 1. The van der Waals surface area contributed by atoms with Crippen LogP contribution in [0.5, 0.6) is 0 Å². The minimum absolute atomic E-state index is 0.124. The first-order valence-corrected chi connectivity index (χ1v) is 10.7. The number of nitrogens with one attached hydrogen (secondary N) is 1. The molecule has 0 bridgehead atoms. The van der Waals surface area contributed by atoms with Crippen molar-refractivity contribution in [1.29, 1.82) is 0 Å². The summed E-state index contributed by atoms with van der Waals surface area (Å²) in [5, 5.41) is 7.26. The lowest BCUT2D eigenvalue weighted by atomic mass is 10.2. The third-order valence-corrected chi connectivity index (χ3v) is 5.36. The molecule has 3 aromatic rings. The summed E-state index contributed by atoms with van der Waals surface area (Å²) < 4.78 is 10.4. The molecule has 4 rings (SSSR count). The lowest BCUT2D eigenvalue weighted by Gasteiger charge is -2.10. The van der Waals surface area contributed by atoms with E-state index < -0.39 is 0 Å². The zero-order chi connectivity index (χ0) is 20.9. The summed E-state index contributed by atoms with van der Waals surface area (Å²) >= 11 is 0. The lowest BCUT2D eigenvalue weighted by Crippen LogP contribution is -2.30. The van der Waals surface area contributed by atoms with Gasteiger partial charge in [0.05, 0.1) is 11.0 Å². The summed E-state index contributed by atoms with van der Waals surface area (Å²) in [6.45, 7) is 4.51. The standard InChI is InChI=1S/C21H28N6O3/c1-2-30-14-8-13-25-17-10-6-5-9-16(17)22-20(25)23-19(28)15-27-21(29)26-12-7-3-4-11-18(26)24-27/h5-6,9-10H,2-4,7-8,11-15H2,1H3,(H,22,23,28). The van der Waals surface area contributed by atoms with Crippen LogP contribution in [0.25, 0.3) is 11.0 Å². The number of fused-ring (bicyclic) bond motifs is 2. The van der Waals surface area contributed by atoms with Gasteiger partial charge in [0.15, 0.2) is 0 Å². The Labute approximate surface area is 174 Å². The van der Waals surface area contributed by atoms with Gasteiger partial charge in [-0.15, -0.1) is 0 Å². The van der Waals surface area contributed by atoms with E-state index in [0.29, 0.717) is 32.3 Å². The molecule has 1 amide bonds. The molecule has 0 spiro atoms. The molecule has 160 valence electrons. The minimum atomic E-state index is -0.313. The van der Waals surface area contributed by atoms with Gasteiger partial charge in [0.1, 0.15) is 12.4 Å². The number of para-hydroxylation sites is 2. The van der Waals surface area contributed by atoms with Gasteiger partial charge < -0.3 is 9.30 Å². The highest BCUT2D eigenvalue weighted by Crippen LogP contribution is 2.20. The van der Waals surface area contributed by atoms with Gasteiger partial charge in [-0.2, -0.15) is 5.10 Å². The van der Waals surface area contributed by atoms with Gasteiger partial charge in [0, 0.05) is 32.7 Å². The number of aryl methyl sites for hydroxylation is 2. The molecule has 1 aliphatic heterocycles. The van der Waals surface area contributed by atoms with Crippen molar-refractivity contribution in [3.05, 3.63) is 40.6 Å². The number of aromatic nitrogens is 5. The Bertz CT molecular complexity index is 1080. The van der Waals surface area contributed by atoms with Gasteiger partial charge >= 0.3 is 5.69 Å². The maximum Gasteiger partial charge on any atom is 0.346 e. The van der Waals surface area contributed by atoms with Gasteiger partial charge in [-0.25, -0.2) is 14.5 Å². The maximum absolute atomic E-state index is 12.7. The summed E-state index contributed by atoms with van der Waals surface area (Å²) in [5.41, 5.74) is 1.55. The molecule has 9 nitrogen and oxygen atoms in total. The molecule has 0 fully saturated rings. The first kappa shape index (κ1) is 20.3. The first-order valence-electron chi connectivity index (χ1n) is 10.7. The van der Waals surface area contributed by atoms with Crippen LogP contribution in [0.2, 0.25) is 0 Å². The van der Waals surface area contributed by atoms with Crippen molar-refractivity contribution < 1.29 is 9.53 Å². The molecule has 3 heterocycles. The van der Waals surface area contributed by atoms with E-state index in [2.05, 4.69) is 15.4 Å². The molecule has 1 aromatic carbocycles. The summed E-state index contributed by atoms with van der Waals surface area (Å²) in [6.07, 6.45) is 4.68. The van der Waals surface area contributed by atoms with Crippen LogP contribution in [0.4, 0.5) is 5.95 Å². The molecule has 0 aliphatic carbocycles. The van der Waals surface area contributed by atoms with Gasteiger partial charge in [-0.1, -0.05) is 18.6 Å². The fourth-order valence-corrected chi connectivity index (χ4v) is 3.89. The molecule has 1 N–H and O–H groups in total. The summed E-state index contributed by atoms with van der Waals surface area (Å²) in [7, 11) is 0. The normalized spacial score (nSPS) is 13.9. The molecule has 0 unspecified atom stereocenters. The molecule has 0 radical (unpaired) electrons. The second-order valence-electron chi connectivity index (χ2n) is 7.49. The fourth-order valence-electron chi connectivity index (χ4n) is 3.89. The van der Waals surface area contributed by atoms with E-state index in [4.69, 9.17) is 4.74 Å². The zero-order valence-electron chi connectivity index (χ0n) is 17.3. The van der Waals surface area contributed by atoms with Crippen molar-refractivity contribution in [3.63, 3.8) is 0 Å². The Morgan fingerprint density at radius 1 is 1.23 bits per heavy atom. The molecule has 9 heteroatoms. The SMILES string of the molecule is CCOCCCn1c(NC(=O)Cn2nc3n(c2=O)CCCCC3)nc2ccccc21. The van der Waals surface area contributed by atoms with Gasteiger partial charge in [-0.3, -0.25) is 14.7 Å². The molecule has 1 aliphatic rings. The highest BCUT2D eigenvalue weighted by atomic mass is 16.5. The first-order chi connectivity index (χ1) is 14.7. The molecule has 2 aromatic heterocycles. The summed E-state index contributed by atoms with van der Waals surface area (Å²) in [6, 6.07) is 7.77. The number of ether oxygens (including phenoxy) is 1. The number of rotatable bonds is 8. The predicted octanol–water partition coefficient (Wildman–Crippen LogP) is 2.19. The van der Waals surface area contributed by atoms with Crippen molar-refractivity contribution in [2.75, 3.05) is 18.5 Å². The number of carbonyl (C=O) groups is 1. The average molecular weight is 412 g/mol. The topological polar surface area (TPSA) is 96.0 Å². The van der Waals surface area contributed by atoms with Gasteiger partial charge in [0.25, 0.3) is 0 Å². The Balaban J connectivity index is 1.51. The monoisotopic (exact) mass is 412 g/mol. The highest BCUT2D eigenvalue weighted by Gasteiger charge is 2.19. The van der Waals surface area contributed by atoms with E-state index in [1.807, 2.05) is 35.8 Å². The number of hydrogen-bond acceptors (Lipinski definition) is 5. The largest absolute Gasteiger partial charge is 0.382 e. The second-order valence-corrected chi connectivity index (χ2v) is 7.49. The zero-order valence-corrected chi connectivity index (χ0v) is 17.3. The Kier molecular flexibility index (Phi) is 6.27.